The number of amides is 1. The van der Waals surface area contributed by atoms with Crippen LogP contribution in [0.2, 0.25) is 0 Å². The van der Waals surface area contributed by atoms with E-state index in [9.17, 15) is 4.79 Å². The third-order valence-electron chi connectivity index (χ3n) is 5.28. The SMILES string of the molecule is O=C(CCCOc1ccccc1)N1CCc2ccc(N3CCCC3)cc21. The third kappa shape index (κ3) is 3.69. The summed E-state index contributed by atoms with van der Waals surface area (Å²) in [6, 6.07) is 16.4. The molecule has 2 aromatic rings. The minimum Gasteiger partial charge on any atom is -0.494 e. The van der Waals surface area contributed by atoms with Crippen LogP contribution in [0, 0.1) is 0 Å². The van der Waals surface area contributed by atoms with Crippen LogP contribution in [0.1, 0.15) is 31.2 Å². The van der Waals surface area contributed by atoms with E-state index >= 15 is 0 Å². The van der Waals surface area contributed by atoms with Crippen molar-refractivity contribution in [1.29, 1.82) is 0 Å². The lowest BCUT2D eigenvalue weighted by Gasteiger charge is -2.22. The van der Waals surface area contributed by atoms with Gasteiger partial charge in [-0.15, -0.1) is 0 Å². The Morgan fingerprint density at radius 1 is 1.00 bits per heavy atom. The van der Waals surface area contributed by atoms with Crippen LogP contribution in [-0.4, -0.2) is 32.1 Å². The molecule has 0 aliphatic carbocycles. The Morgan fingerprint density at radius 3 is 2.62 bits per heavy atom. The second-order valence-electron chi connectivity index (χ2n) is 7.07. The summed E-state index contributed by atoms with van der Waals surface area (Å²) in [5.41, 5.74) is 3.67. The maximum atomic E-state index is 12.7. The average Bonchev–Trinajstić information content (AvgIpc) is 3.35. The van der Waals surface area contributed by atoms with Crippen LogP contribution in [-0.2, 0) is 11.2 Å². The predicted molar refractivity (Wildman–Crippen MR) is 105 cm³/mol. The lowest BCUT2D eigenvalue weighted by Crippen LogP contribution is -2.29. The van der Waals surface area contributed by atoms with Crippen LogP contribution < -0.4 is 14.5 Å². The second kappa shape index (κ2) is 7.81. The van der Waals surface area contributed by atoms with Crippen molar-refractivity contribution in [3.05, 3.63) is 54.1 Å². The van der Waals surface area contributed by atoms with Crippen LogP contribution in [0.5, 0.6) is 5.75 Å². The monoisotopic (exact) mass is 350 g/mol. The molecule has 2 heterocycles. The van der Waals surface area contributed by atoms with Crippen LogP contribution >= 0.6 is 0 Å². The molecule has 4 heteroatoms. The molecule has 0 unspecified atom stereocenters. The smallest absolute Gasteiger partial charge is 0.227 e. The van der Waals surface area contributed by atoms with E-state index in [-0.39, 0.29) is 5.91 Å². The molecule has 4 nitrogen and oxygen atoms in total. The predicted octanol–water partition coefficient (Wildman–Crippen LogP) is 4.04. The Balaban J connectivity index is 1.34. The Hall–Kier alpha value is -2.49. The zero-order chi connectivity index (χ0) is 17.8. The summed E-state index contributed by atoms with van der Waals surface area (Å²) < 4.78 is 5.70. The standard InChI is InChI=1S/C22H26N2O2/c25-22(9-6-16-26-20-7-2-1-3-8-20)24-15-12-18-10-11-19(17-21(18)24)23-13-4-5-14-23/h1-3,7-8,10-11,17H,4-6,9,12-16H2. The van der Waals surface area contributed by atoms with Crippen molar-refractivity contribution in [2.45, 2.75) is 32.1 Å². The molecular formula is C22H26N2O2. The van der Waals surface area contributed by atoms with E-state index in [4.69, 9.17) is 4.74 Å². The van der Waals surface area contributed by atoms with E-state index < -0.39 is 0 Å². The number of para-hydroxylation sites is 1. The fraction of sp³-hybridized carbons (Fsp3) is 0.409. The van der Waals surface area contributed by atoms with Gasteiger partial charge in [0.15, 0.2) is 0 Å². The molecule has 1 saturated heterocycles. The Bertz CT molecular complexity index is 754. The molecule has 1 fully saturated rings. The normalized spacial score (nSPS) is 16.0. The summed E-state index contributed by atoms with van der Waals surface area (Å²) in [4.78, 5) is 17.1. The highest BCUT2D eigenvalue weighted by atomic mass is 16.5. The minimum absolute atomic E-state index is 0.207. The first-order valence-corrected chi connectivity index (χ1v) is 9.67. The quantitative estimate of drug-likeness (QED) is 0.737. The van der Waals surface area contributed by atoms with Gasteiger partial charge in [0.2, 0.25) is 5.91 Å². The van der Waals surface area contributed by atoms with Crippen molar-refractivity contribution >= 4 is 17.3 Å². The van der Waals surface area contributed by atoms with Gasteiger partial charge in [0.1, 0.15) is 5.75 Å². The number of ether oxygens (including phenoxy) is 1. The molecule has 0 aromatic heterocycles. The number of benzene rings is 2. The van der Waals surface area contributed by atoms with Gasteiger partial charge >= 0.3 is 0 Å². The van der Waals surface area contributed by atoms with E-state index in [1.165, 1.54) is 24.1 Å². The van der Waals surface area contributed by atoms with Crippen LogP contribution in [0.3, 0.4) is 0 Å². The fourth-order valence-electron chi connectivity index (χ4n) is 3.86. The largest absolute Gasteiger partial charge is 0.494 e. The number of hydrogen-bond donors (Lipinski definition) is 0. The lowest BCUT2D eigenvalue weighted by atomic mass is 10.1. The zero-order valence-corrected chi connectivity index (χ0v) is 15.2. The number of rotatable bonds is 6. The van der Waals surface area contributed by atoms with Gasteiger partial charge in [0.05, 0.1) is 6.61 Å². The summed E-state index contributed by atoms with van der Waals surface area (Å²) in [6.07, 6.45) is 4.76. The molecule has 26 heavy (non-hydrogen) atoms. The molecule has 4 rings (SSSR count). The summed E-state index contributed by atoms with van der Waals surface area (Å²) in [7, 11) is 0. The molecule has 136 valence electrons. The number of carbonyl (C=O) groups excluding carboxylic acids is 1. The highest BCUT2D eigenvalue weighted by molar-refractivity contribution is 5.96. The summed E-state index contributed by atoms with van der Waals surface area (Å²) >= 11 is 0. The number of anilines is 2. The molecule has 0 saturated carbocycles. The molecule has 2 aliphatic heterocycles. The first-order valence-electron chi connectivity index (χ1n) is 9.67. The molecule has 0 atom stereocenters. The summed E-state index contributed by atoms with van der Waals surface area (Å²) in [5, 5.41) is 0. The van der Waals surface area contributed by atoms with Crippen molar-refractivity contribution in [1.82, 2.24) is 0 Å². The first kappa shape index (κ1) is 17.0. The van der Waals surface area contributed by atoms with Crippen LogP contribution in [0.25, 0.3) is 0 Å². The second-order valence-corrected chi connectivity index (χ2v) is 7.07. The molecule has 0 spiro atoms. The molecule has 2 aromatic carbocycles. The van der Waals surface area contributed by atoms with Gasteiger partial charge in [0.25, 0.3) is 0 Å². The van der Waals surface area contributed by atoms with Crippen LogP contribution in [0.4, 0.5) is 11.4 Å². The van der Waals surface area contributed by atoms with Crippen molar-refractivity contribution in [2.24, 2.45) is 0 Å². The minimum atomic E-state index is 0.207. The number of nitrogens with zero attached hydrogens (tertiary/aromatic N) is 2. The summed E-state index contributed by atoms with van der Waals surface area (Å²) in [5.74, 6) is 1.07. The van der Waals surface area contributed by atoms with E-state index in [0.29, 0.717) is 13.0 Å². The van der Waals surface area contributed by atoms with Crippen LogP contribution in [0.15, 0.2) is 48.5 Å². The van der Waals surface area contributed by atoms with Gasteiger partial charge < -0.3 is 14.5 Å². The van der Waals surface area contributed by atoms with Crippen molar-refractivity contribution in [2.75, 3.05) is 36.0 Å². The zero-order valence-electron chi connectivity index (χ0n) is 15.2. The van der Waals surface area contributed by atoms with Gasteiger partial charge in [-0.25, -0.2) is 0 Å². The van der Waals surface area contributed by atoms with E-state index in [1.54, 1.807) is 0 Å². The number of hydrogen-bond acceptors (Lipinski definition) is 3. The van der Waals surface area contributed by atoms with Crippen molar-refractivity contribution in [3.63, 3.8) is 0 Å². The highest BCUT2D eigenvalue weighted by Crippen LogP contribution is 2.33. The van der Waals surface area contributed by atoms with Crippen molar-refractivity contribution < 1.29 is 9.53 Å². The van der Waals surface area contributed by atoms with E-state index in [1.807, 2.05) is 35.2 Å². The maximum Gasteiger partial charge on any atom is 0.227 e. The first-order chi connectivity index (χ1) is 12.8. The summed E-state index contributed by atoms with van der Waals surface area (Å²) in [6.45, 7) is 3.63. The third-order valence-corrected chi connectivity index (χ3v) is 5.28. The Morgan fingerprint density at radius 2 is 1.81 bits per heavy atom. The Labute approximate surface area is 155 Å². The molecule has 1 amide bonds. The average molecular weight is 350 g/mol. The molecule has 2 aliphatic rings. The fourth-order valence-corrected chi connectivity index (χ4v) is 3.86. The van der Waals surface area contributed by atoms with E-state index in [2.05, 4.69) is 23.1 Å². The van der Waals surface area contributed by atoms with Gasteiger partial charge in [0, 0.05) is 37.4 Å². The molecular weight excluding hydrogens is 324 g/mol. The molecule has 0 radical (unpaired) electrons. The maximum absolute atomic E-state index is 12.7. The molecule has 0 N–H and O–H groups in total. The lowest BCUT2D eigenvalue weighted by molar-refractivity contribution is -0.118. The number of fused-ring (bicyclic) bond motifs is 1. The van der Waals surface area contributed by atoms with Crippen molar-refractivity contribution in [3.8, 4) is 5.75 Å². The van der Waals surface area contributed by atoms with Gasteiger partial charge in [-0.2, -0.15) is 0 Å². The van der Waals surface area contributed by atoms with Gasteiger partial charge in [-0.3, -0.25) is 4.79 Å². The Kier molecular flexibility index (Phi) is 5.09. The van der Waals surface area contributed by atoms with Gasteiger partial charge in [-0.1, -0.05) is 24.3 Å². The highest BCUT2D eigenvalue weighted by Gasteiger charge is 2.25. The van der Waals surface area contributed by atoms with Gasteiger partial charge in [-0.05, 0) is 55.5 Å². The number of carbonyl (C=O) groups is 1. The molecule has 0 bridgehead atoms. The van der Waals surface area contributed by atoms with E-state index in [0.717, 1.165) is 43.9 Å². The topological polar surface area (TPSA) is 32.8 Å².